The van der Waals surface area contributed by atoms with Gasteiger partial charge in [0.2, 0.25) is 0 Å². The number of rotatable bonds is 8. The summed E-state index contributed by atoms with van der Waals surface area (Å²) in [6.45, 7) is 1.39. The molecule has 0 aliphatic carbocycles. The second-order valence-electron chi connectivity index (χ2n) is 6.72. The largest absolute Gasteiger partial charge is 0.489 e. The molecule has 0 aliphatic heterocycles. The maximum atomic E-state index is 13.4. The third-order valence-electron chi connectivity index (χ3n) is 4.37. The number of aliphatic hydroxyl groups is 1. The molecule has 1 atom stereocenters. The highest BCUT2D eigenvalue weighted by Crippen LogP contribution is 2.26. The van der Waals surface area contributed by atoms with Gasteiger partial charge in [0.15, 0.2) is 0 Å². The van der Waals surface area contributed by atoms with Gasteiger partial charge in [-0.15, -0.1) is 0 Å². The van der Waals surface area contributed by atoms with Gasteiger partial charge in [-0.05, 0) is 55.5 Å². The van der Waals surface area contributed by atoms with Crippen LogP contribution in [0.15, 0.2) is 77.7 Å². The number of para-hydroxylation sites is 1. The summed E-state index contributed by atoms with van der Waals surface area (Å²) in [5.41, 5.74) is 1.14. The van der Waals surface area contributed by atoms with Gasteiger partial charge >= 0.3 is 0 Å². The molecule has 0 saturated carbocycles. The quantitative estimate of drug-likeness (QED) is 0.552. The van der Waals surface area contributed by atoms with Crippen LogP contribution < -0.4 is 9.04 Å². The van der Waals surface area contributed by atoms with E-state index >= 15 is 0 Å². The first kappa shape index (κ1) is 22.1. The molecule has 0 aromatic heterocycles. The zero-order valence-corrected chi connectivity index (χ0v) is 17.8. The van der Waals surface area contributed by atoms with E-state index in [0.29, 0.717) is 10.8 Å². The number of halogens is 2. The van der Waals surface area contributed by atoms with Gasteiger partial charge in [-0.3, -0.25) is 4.31 Å². The molecule has 3 rings (SSSR count). The Labute approximate surface area is 180 Å². The number of hydrogen-bond donors (Lipinski definition) is 1. The molecule has 0 spiro atoms. The van der Waals surface area contributed by atoms with Gasteiger partial charge in [0, 0.05) is 0 Å². The van der Waals surface area contributed by atoms with Crippen LogP contribution in [0.25, 0.3) is 0 Å². The van der Waals surface area contributed by atoms with Gasteiger partial charge in [-0.2, -0.15) is 0 Å². The number of ether oxygens (including phenoxy) is 1. The minimum absolute atomic E-state index is 0.0663. The van der Waals surface area contributed by atoms with E-state index in [1.807, 2.05) is 6.92 Å². The van der Waals surface area contributed by atoms with Crippen LogP contribution in [0.3, 0.4) is 0 Å². The molecule has 0 amide bonds. The summed E-state index contributed by atoms with van der Waals surface area (Å²) in [5.74, 6) is -0.109. The van der Waals surface area contributed by atoms with E-state index in [1.54, 1.807) is 36.4 Å². The van der Waals surface area contributed by atoms with Crippen LogP contribution in [0.2, 0.25) is 5.02 Å². The molecule has 1 N–H and O–H groups in total. The van der Waals surface area contributed by atoms with Gasteiger partial charge in [0.1, 0.15) is 24.3 Å². The molecule has 0 heterocycles. The standard InChI is InChI=1S/C22H21ClFNO4S/c1-16-6-12-20(13-7-16)30(27,28)25(18-10-8-17(24)9-11-18)14-19(26)15-29-22-5-3-2-4-21(22)23/h2-13,19,26H,14-15H2,1H3/t19-/m1/s1. The lowest BCUT2D eigenvalue weighted by molar-refractivity contribution is 0.115. The Morgan fingerprint density at radius 3 is 2.30 bits per heavy atom. The lowest BCUT2D eigenvalue weighted by Crippen LogP contribution is -2.40. The van der Waals surface area contributed by atoms with Gasteiger partial charge in [-0.1, -0.05) is 41.4 Å². The van der Waals surface area contributed by atoms with Crippen LogP contribution in [-0.4, -0.2) is 32.8 Å². The first-order valence-corrected chi connectivity index (χ1v) is 11.0. The Kier molecular flexibility index (Phi) is 6.97. The van der Waals surface area contributed by atoms with Crippen LogP contribution in [0, 0.1) is 12.7 Å². The fraction of sp³-hybridized carbons (Fsp3) is 0.182. The van der Waals surface area contributed by atoms with Crippen molar-refractivity contribution < 1.29 is 22.7 Å². The monoisotopic (exact) mass is 449 g/mol. The van der Waals surface area contributed by atoms with Crippen molar-refractivity contribution >= 4 is 27.3 Å². The lowest BCUT2D eigenvalue weighted by atomic mass is 10.2. The molecule has 3 aromatic carbocycles. The normalized spacial score (nSPS) is 12.4. The highest BCUT2D eigenvalue weighted by Gasteiger charge is 2.27. The molecule has 0 radical (unpaired) electrons. The Morgan fingerprint density at radius 1 is 1.03 bits per heavy atom. The predicted molar refractivity (Wildman–Crippen MR) is 115 cm³/mol. The van der Waals surface area contributed by atoms with Crippen molar-refractivity contribution in [2.45, 2.75) is 17.9 Å². The van der Waals surface area contributed by atoms with Crippen molar-refractivity contribution in [3.05, 3.63) is 89.2 Å². The Morgan fingerprint density at radius 2 is 1.67 bits per heavy atom. The molecule has 0 unspecified atom stereocenters. The summed E-state index contributed by atoms with van der Waals surface area (Å²) in [4.78, 5) is 0.0663. The third kappa shape index (κ3) is 5.30. The number of sulfonamides is 1. The van der Waals surface area contributed by atoms with E-state index in [1.165, 1.54) is 36.4 Å². The molecule has 0 bridgehead atoms. The second-order valence-corrected chi connectivity index (χ2v) is 8.99. The first-order chi connectivity index (χ1) is 14.3. The molecular weight excluding hydrogens is 429 g/mol. The van der Waals surface area contributed by atoms with E-state index in [-0.39, 0.29) is 23.7 Å². The topological polar surface area (TPSA) is 66.8 Å². The van der Waals surface area contributed by atoms with Crippen LogP contribution in [0.1, 0.15) is 5.56 Å². The molecule has 0 saturated heterocycles. The number of benzene rings is 3. The van der Waals surface area contributed by atoms with Crippen LogP contribution in [-0.2, 0) is 10.0 Å². The molecule has 3 aromatic rings. The number of aryl methyl sites for hydroxylation is 1. The molecule has 158 valence electrons. The van der Waals surface area contributed by atoms with Crippen molar-refractivity contribution in [3.63, 3.8) is 0 Å². The number of aliphatic hydroxyl groups excluding tert-OH is 1. The van der Waals surface area contributed by atoms with Crippen LogP contribution in [0.5, 0.6) is 5.75 Å². The molecule has 8 heteroatoms. The Bertz CT molecular complexity index is 1090. The second kappa shape index (κ2) is 9.47. The maximum absolute atomic E-state index is 13.4. The molecule has 30 heavy (non-hydrogen) atoms. The van der Waals surface area contributed by atoms with Gasteiger partial charge < -0.3 is 9.84 Å². The van der Waals surface area contributed by atoms with Gasteiger partial charge in [0.05, 0.1) is 22.2 Å². The van der Waals surface area contributed by atoms with Crippen LogP contribution in [0.4, 0.5) is 10.1 Å². The zero-order valence-electron chi connectivity index (χ0n) is 16.2. The summed E-state index contributed by atoms with van der Waals surface area (Å²) in [7, 11) is -4.00. The highest BCUT2D eigenvalue weighted by molar-refractivity contribution is 7.92. The Balaban J connectivity index is 1.85. The van der Waals surface area contributed by atoms with Crippen LogP contribution >= 0.6 is 11.6 Å². The predicted octanol–water partition coefficient (Wildman–Crippen LogP) is 4.42. The average molecular weight is 450 g/mol. The zero-order chi connectivity index (χ0) is 21.7. The minimum Gasteiger partial charge on any atom is -0.489 e. The Hall–Kier alpha value is -2.61. The smallest absolute Gasteiger partial charge is 0.264 e. The average Bonchev–Trinajstić information content (AvgIpc) is 2.72. The summed E-state index contributed by atoms with van der Waals surface area (Å²) in [6, 6.07) is 18.2. The van der Waals surface area contributed by atoms with Crippen molar-refractivity contribution in [2.75, 3.05) is 17.5 Å². The molecule has 0 fully saturated rings. The SMILES string of the molecule is Cc1ccc(S(=O)(=O)N(C[C@@H](O)COc2ccccc2Cl)c2ccc(F)cc2)cc1. The van der Waals surface area contributed by atoms with Crippen molar-refractivity contribution in [2.24, 2.45) is 0 Å². The summed E-state index contributed by atoms with van der Waals surface area (Å²) >= 11 is 6.04. The lowest BCUT2D eigenvalue weighted by Gasteiger charge is -2.27. The molecule has 0 aliphatic rings. The van der Waals surface area contributed by atoms with Gasteiger partial charge in [-0.25, -0.2) is 12.8 Å². The minimum atomic E-state index is -4.00. The summed E-state index contributed by atoms with van der Waals surface area (Å²) < 4.78 is 46.4. The third-order valence-corrected chi connectivity index (χ3v) is 6.49. The fourth-order valence-electron chi connectivity index (χ4n) is 2.78. The number of anilines is 1. The van der Waals surface area contributed by atoms with Crippen molar-refractivity contribution in [1.29, 1.82) is 0 Å². The molecular formula is C22H21ClFNO4S. The number of hydrogen-bond acceptors (Lipinski definition) is 4. The van der Waals surface area contributed by atoms with E-state index in [9.17, 15) is 17.9 Å². The summed E-state index contributed by atoms with van der Waals surface area (Å²) in [6.07, 6.45) is -1.16. The van der Waals surface area contributed by atoms with E-state index in [2.05, 4.69) is 0 Å². The summed E-state index contributed by atoms with van der Waals surface area (Å²) in [5, 5.41) is 10.9. The first-order valence-electron chi connectivity index (χ1n) is 9.18. The van der Waals surface area contributed by atoms with Crippen molar-refractivity contribution in [3.8, 4) is 5.75 Å². The highest BCUT2D eigenvalue weighted by atomic mass is 35.5. The van der Waals surface area contributed by atoms with Crippen molar-refractivity contribution in [1.82, 2.24) is 0 Å². The number of nitrogens with zero attached hydrogens (tertiary/aromatic N) is 1. The maximum Gasteiger partial charge on any atom is 0.264 e. The fourth-order valence-corrected chi connectivity index (χ4v) is 4.47. The van der Waals surface area contributed by atoms with E-state index in [4.69, 9.17) is 16.3 Å². The van der Waals surface area contributed by atoms with E-state index < -0.39 is 21.9 Å². The molecule has 5 nitrogen and oxygen atoms in total. The van der Waals surface area contributed by atoms with E-state index in [0.717, 1.165) is 9.87 Å². The van der Waals surface area contributed by atoms with Gasteiger partial charge in [0.25, 0.3) is 10.0 Å².